The van der Waals surface area contributed by atoms with Crippen LogP contribution in [0.5, 0.6) is 0 Å². The van der Waals surface area contributed by atoms with E-state index in [0.717, 1.165) is 24.8 Å². The van der Waals surface area contributed by atoms with Crippen LogP contribution in [0, 0.1) is 22.7 Å². The third kappa shape index (κ3) is 2.07. The molecule has 114 valence electrons. The van der Waals surface area contributed by atoms with Crippen molar-refractivity contribution in [2.24, 2.45) is 22.7 Å². The molecule has 0 aromatic heterocycles. The second-order valence-corrected chi connectivity index (χ2v) is 7.48. The quantitative estimate of drug-likeness (QED) is 0.783. The topological polar surface area (TPSA) is 37.3 Å². The third-order valence-corrected chi connectivity index (χ3v) is 6.43. The first-order chi connectivity index (χ1) is 9.96. The number of carbonyl (C=O) groups is 1. The molecule has 2 fully saturated rings. The Kier molecular flexibility index (Phi) is 3.48. The summed E-state index contributed by atoms with van der Waals surface area (Å²) < 4.78 is 0. The fourth-order valence-electron chi connectivity index (χ4n) is 4.97. The van der Waals surface area contributed by atoms with Crippen LogP contribution < -0.4 is 0 Å². The zero-order valence-corrected chi connectivity index (χ0v) is 13.0. The number of fused-ring (bicyclic) bond motifs is 3. The average Bonchev–Trinajstić information content (AvgIpc) is 2.49. The van der Waals surface area contributed by atoms with E-state index in [2.05, 4.69) is 20.1 Å². The fourth-order valence-corrected chi connectivity index (χ4v) is 4.97. The highest BCUT2D eigenvalue weighted by Crippen LogP contribution is 2.59. The maximum Gasteiger partial charge on any atom is 0.159 e. The van der Waals surface area contributed by atoms with Gasteiger partial charge in [-0.25, -0.2) is 0 Å². The zero-order chi connectivity index (χ0) is 15.3. The summed E-state index contributed by atoms with van der Waals surface area (Å²) in [7, 11) is 0. The van der Waals surface area contributed by atoms with Gasteiger partial charge in [-0.3, -0.25) is 4.79 Å². The van der Waals surface area contributed by atoms with Crippen molar-refractivity contribution in [3.63, 3.8) is 0 Å². The average molecular weight is 286 g/mol. The minimum atomic E-state index is -0.392. The molecule has 0 aliphatic heterocycles. The number of ketones is 1. The number of allylic oxidation sites excluding steroid dienone is 2. The molecule has 3 aliphatic carbocycles. The second-order valence-electron chi connectivity index (χ2n) is 7.48. The first-order valence-electron chi connectivity index (χ1n) is 8.14. The van der Waals surface area contributed by atoms with Crippen molar-refractivity contribution in [3.05, 3.63) is 36.5 Å². The van der Waals surface area contributed by atoms with Gasteiger partial charge in [-0.2, -0.15) is 0 Å². The molecule has 0 heterocycles. The van der Waals surface area contributed by atoms with Crippen LogP contribution >= 0.6 is 0 Å². The van der Waals surface area contributed by atoms with Gasteiger partial charge >= 0.3 is 0 Å². The van der Waals surface area contributed by atoms with Crippen molar-refractivity contribution in [2.75, 3.05) is 6.61 Å². The van der Waals surface area contributed by atoms with E-state index in [4.69, 9.17) is 0 Å². The lowest BCUT2D eigenvalue weighted by Crippen LogP contribution is -2.48. The van der Waals surface area contributed by atoms with Crippen LogP contribution in [0.1, 0.15) is 45.4 Å². The van der Waals surface area contributed by atoms with Gasteiger partial charge in [-0.15, -0.1) is 6.58 Å². The normalized spacial score (nSPS) is 42.9. The number of rotatable bonds is 2. The molecule has 4 atom stereocenters. The van der Waals surface area contributed by atoms with Gasteiger partial charge in [0.15, 0.2) is 5.78 Å². The van der Waals surface area contributed by atoms with Gasteiger partial charge in [0, 0.05) is 11.8 Å². The lowest BCUT2D eigenvalue weighted by molar-refractivity contribution is -0.122. The summed E-state index contributed by atoms with van der Waals surface area (Å²) in [6.07, 6.45) is 9.78. The van der Waals surface area contributed by atoms with Crippen molar-refractivity contribution >= 4 is 5.78 Å². The molecule has 0 aromatic carbocycles. The van der Waals surface area contributed by atoms with E-state index < -0.39 is 5.41 Å². The molecule has 3 rings (SSSR count). The van der Waals surface area contributed by atoms with Crippen LogP contribution in [0.2, 0.25) is 0 Å². The Hall–Kier alpha value is -1.15. The van der Waals surface area contributed by atoms with E-state index in [1.807, 2.05) is 12.2 Å². The number of aliphatic hydroxyl groups excluding tert-OH is 1. The molecule has 21 heavy (non-hydrogen) atoms. The molecule has 4 unspecified atom stereocenters. The maximum absolute atomic E-state index is 12.7. The summed E-state index contributed by atoms with van der Waals surface area (Å²) in [6.45, 7) is 10.5. The SMILES string of the molecule is C=CC1(CO)C=C2C(=O)CC3C(=C)CCCC3(C)C2CC1. The highest BCUT2D eigenvalue weighted by molar-refractivity contribution is 5.97. The molecule has 0 aromatic rings. The van der Waals surface area contributed by atoms with Crippen LogP contribution in [0.25, 0.3) is 0 Å². The standard InChI is InChI=1S/C19H26O2/c1-4-19(12-20)9-7-15-14(11-19)17(21)10-16-13(2)6-5-8-18(15,16)3/h4,11,15-16,20H,1-2,5-10,12H2,3H3. The van der Waals surface area contributed by atoms with Gasteiger partial charge in [0.2, 0.25) is 0 Å². The summed E-state index contributed by atoms with van der Waals surface area (Å²) in [5.41, 5.74) is 2.02. The second kappa shape index (κ2) is 4.95. The minimum Gasteiger partial charge on any atom is -0.395 e. The Labute approximate surface area is 127 Å². The summed E-state index contributed by atoms with van der Waals surface area (Å²) in [6, 6.07) is 0. The molecular formula is C19H26O2. The van der Waals surface area contributed by atoms with Gasteiger partial charge in [0.25, 0.3) is 0 Å². The third-order valence-electron chi connectivity index (χ3n) is 6.43. The predicted octanol–water partition coefficient (Wildman–Crippen LogP) is 3.82. The van der Waals surface area contributed by atoms with Crippen LogP contribution in [-0.2, 0) is 4.79 Å². The Morgan fingerprint density at radius 2 is 2.19 bits per heavy atom. The van der Waals surface area contributed by atoms with E-state index in [0.29, 0.717) is 18.3 Å². The molecule has 2 saturated carbocycles. The predicted molar refractivity (Wildman–Crippen MR) is 84.7 cm³/mol. The first kappa shape index (κ1) is 14.8. The van der Waals surface area contributed by atoms with Gasteiger partial charge in [-0.05, 0) is 54.9 Å². The van der Waals surface area contributed by atoms with Gasteiger partial charge in [-0.1, -0.05) is 31.2 Å². The molecule has 2 heteroatoms. The molecular weight excluding hydrogens is 260 g/mol. The summed E-state index contributed by atoms with van der Waals surface area (Å²) in [4.78, 5) is 12.7. The fraction of sp³-hybridized carbons (Fsp3) is 0.632. The summed E-state index contributed by atoms with van der Waals surface area (Å²) in [5.74, 6) is 0.955. The zero-order valence-electron chi connectivity index (χ0n) is 13.0. The number of hydrogen-bond acceptors (Lipinski definition) is 2. The van der Waals surface area contributed by atoms with Crippen molar-refractivity contribution in [1.29, 1.82) is 0 Å². The smallest absolute Gasteiger partial charge is 0.159 e. The molecule has 3 aliphatic rings. The van der Waals surface area contributed by atoms with E-state index >= 15 is 0 Å². The van der Waals surface area contributed by atoms with Crippen molar-refractivity contribution in [3.8, 4) is 0 Å². The lowest BCUT2D eigenvalue weighted by Gasteiger charge is -2.54. The Morgan fingerprint density at radius 1 is 1.43 bits per heavy atom. The largest absolute Gasteiger partial charge is 0.395 e. The molecule has 1 N–H and O–H groups in total. The molecule has 0 saturated heterocycles. The number of Topliss-reactive ketones (excluding diaryl/α,β-unsaturated/α-hetero) is 1. The van der Waals surface area contributed by atoms with Crippen LogP contribution in [0.4, 0.5) is 0 Å². The van der Waals surface area contributed by atoms with Gasteiger partial charge < -0.3 is 5.11 Å². The molecule has 0 amide bonds. The number of carbonyl (C=O) groups excluding carboxylic acids is 1. The summed E-state index contributed by atoms with van der Waals surface area (Å²) >= 11 is 0. The van der Waals surface area contributed by atoms with E-state index in [9.17, 15) is 9.90 Å². The first-order valence-corrected chi connectivity index (χ1v) is 8.14. The molecule has 0 radical (unpaired) electrons. The minimum absolute atomic E-state index is 0.0485. The summed E-state index contributed by atoms with van der Waals surface area (Å²) in [5, 5.41) is 9.72. The Morgan fingerprint density at radius 3 is 2.86 bits per heavy atom. The van der Waals surface area contributed by atoms with E-state index in [1.54, 1.807) is 0 Å². The van der Waals surface area contributed by atoms with Crippen molar-refractivity contribution < 1.29 is 9.90 Å². The van der Waals surface area contributed by atoms with Crippen LogP contribution in [0.15, 0.2) is 36.5 Å². The maximum atomic E-state index is 12.7. The monoisotopic (exact) mass is 286 g/mol. The highest BCUT2D eigenvalue weighted by atomic mass is 16.3. The van der Waals surface area contributed by atoms with Gasteiger partial charge in [0.1, 0.15) is 0 Å². The van der Waals surface area contributed by atoms with Crippen molar-refractivity contribution in [2.45, 2.75) is 45.4 Å². The van der Waals surface area contributed by atoms with Gasteiger partial charge in [0.05, 0.1) is 6.61 Å². The molecule has 0 bridgehead atoms. The van der Waals surface area contributed by atoms with E-state index in [-0.39, 0.29) is 17.8 Å². The number of aliphatic hydroxyl groups is 1. The Balaban J connectivity index is 2.04. The van der Waals surface area contributed by atoms with E-state index in [1.165, 1.54) is 18.4 Å². The van der Waals surface area contributed by atoms with Crippen molar-refractivity contribution in [1.82, 2.24) is 0 Å². The van der Waals surface area contributed by atoms with Crippen LogP contribution in [-0.4, -0.2) is 17.5 Å². The Bertz CT molecular complexity index is 530. The molecule has 2 nitrogen and oxygen atoms in total. The lowest BCUT2D eigenvalue weighted by atomic mass is 9.49. The highest BCUT2D eigenvalue weighted by Gasteiger charge is 2.53. The molecule has 0 spiro atoms. The number of hydrogen-bond donors (Lipinski definition) is 1. The van der Waals surface area contributed by atoms with Crippen LogP contribution in [0.3, 0.4) is 0 Å².